The molecule has 0 aliphatic carbocycles. The van der Waals surface area contributed by atoms with Crippen LogP contribution in [0.2, 0.25) is 0 Å². The van der Waals surface area contributed by atoms with Crippen LogP contribution in [-0.4, -0.2) is 73.8 Å². The summed E-state index contributed by atoms with van der Waals surface area (Å²) in [5.74, 6) is 0.462. The molecule has 8 heteroatoms. The number of hydrogen-bond acceptors (Lipinski definition) is 4. The fraction of sp³-hybridized carbons (Fsp3) is 0.842. The third-order valence-electron chi connectivity index (χ3n) is 5.19. The van der Waals surface area contributed by atoms with E-state index in [4.69, 9.17) is 4.74 Å². The molecular formula is C19H35N5O3. The molecule has 0 bridgehead atoms. The average Bonchev–Trinajstić information content (AvgIpc) is 3.02. The summed E-state index contributed by atoms with van der Waals surface area (Å²) >= 11 is 0. The summed E-state index contributed by atoms with van der Waals surface area (Å²) in [6.07, 6.45) is 8.97. The number of carbonyl (C=O) groups excluding carboxylic acids is 2. The molecule has 2 saturated heterocycles. The van der Waals surface area contributed by atoms with Gasteiger partial charge in [-0.1, -0.05) is 45.4 Å². The molecule has 0 aromatic heterocycles. The highest BCUT2D eigenvalue weighted by Gasteiger charge is 2.49. The first kappa shape index (κ1) is 21.5. The van der Waals surface area contributed by atoms with Crippen LogP contribution in [0.15, 0.2) is 4.99 Å². The van der Waals surface area contributed by atoms with Gasteiger partial charge in [0.1, 0.15) is 6.17 Å². The molecule has 2 aliphatic heterocycles. The lowest BCUT2D eigenvalue weighted by atomic mass is 10.1. The third-order valence-corrected chi connectivity index (χ3v) is 5.19. The highest BCUT2D eigenvalue weighted by molar-refractivity contribution is 6.04. The number of hydrogen-bond donors (Lipinski definition) is 2. The van der Waals surface area contributed by atoms with E-state index in [0.717, 1.165) is 25.8 Å². The number of aliphatic imine (C=N–C) groups is 1. The number of ether oxygens (including phenoxy) is 1. The Morgan fingerprint density at radius 2 is 1.78 bits per heavy atom. The Labute approximate surface area is 162 Å². The predicted molar refractivity (Wildman–Crippen MR) is 106 cm³/mol. The first-order chi connectivity index (χ1) is 13.1. The zero-order valence-electron chi connectivity index (χ0n) is 17.0. The van der Waals surface area contributed by atoms with E-state index in [1.807, 2.05) is 4.90 Å². The number of nitrogens with one attached hydrogen (secondary N) is 2. The second-order valence-corrected chi connectivity index (χ2v) is 7.31. The van der Waals surface area contributed by atoms with Crippen molar-refractivity contribution in [3.63, 3.8) is 0 Å². The van der Waals surface area contributed by atoms with Crippen LogP contribution in [0, 0.1) is 0 Å². The Bertz CT molecular complexity index is 525. The van der Waals surface area contributed by atoms with Crippen LogP contribution in [0.1, 0.15) is 58.3 Å². The van der Waals surface area contributed by atoms with Crippen LogP contribution in [0.4, 0.5) is 4.79 Å². The number of rotatable bonds is 12. The molecule has 27 heavy (non-hydrogen) atoms. The number of amides is 3. The van der Waals surface area contributed by atoms with Gasteiger partial charge in [-0.25, -0.2) is 4.79 Å². The standard InChI is InChI=1S/C19H35N5O3/c1-4-5-6-7-8-9-10-13-24-15-16(23(2)19(26)22-17(15)25)21-18(24)20-12-11-14-27-3/h15-16H,4-14H2,1-3H3,(H,20,21)(H,22,25,26). The van der Waals surface area contributed by atoms with Crippen molar-refractivity contribution >= 4 is 17.9 Å². The van der Waals surface area contributed by atoms with Crippen molar-refractivity contribution in [2.45, 2.75) is 70.5 Å². The average molecular weight is 382 g/mol. The number of guanidine groups is 1. The van der Waals surface area contributed by atoms with Gasteiger partial charge in [-0.05, 0) is 12.8 Å². The van der Waals surface area contributed by atoms with Crippen molar-refractivity contribution in [3.8, 4) is 0 Å². The molecule has 0 aromatic carbocycles. The van der Waals surface area contributed by atoms with Crippen LogP contribution < -0.4 is 10.6 Å². The van der Waals surface area contributed by atoms with Gasteiger partial charge in [-0.15, -0.1) is 0 Å². The summed E-state index contributed by atoms with van der Waals surface area (Å²) in [7, 11) is 3.37. The molecule has 2 unspecified atom stereocenters. The smallest absolute Gasteiger partial charge is 0.325 e. The Hall–Kier alpha value is -1.83. The molecule has 3 amide bonds. The van der Waals surface area contributed by atoms with E-state index >= 15 is 0 Å². The van der Waals surface area contributed by atoms with Crippen LogP contribution in [0.5, 0.6) is 0 Å². The van der Waals surface area contributed by atoms with Crippen molar-refractivity contribution in [3.05, 3.63) is 0 Å². The maximum Gasteiger partial charge on any atom is 0.325 e. The van der Waals surface area contributed by atoms with Crippen molar-refractivity contribution in [2.24, 2.45) is 4.99 Å². The van der Waals surface area contributed by atoms with E-state index < -0.39 is 6.04 Å². The molecule has 0 radical (unpaired) electrons. The van der Waals surface area contributed by atoms with Gasteiger partial charge in [-0.2, -0.15) is 0 Å². The normalized spacial score (nSPS) is 23.6. The van der Waals surface area contributed by atoms with Gasteiger partial charge in [0.25, 0.3) is 5.91 Å². The second kappa shape index (κ2) is 11.1. The number of methoxy groups -OCH3 is 1. The van der Waals surface area contributed by atoms with E-state index in [0.29, 0.717) is 19.1 Å². The van der Waals surface area contributed by atoms with Gasteiger partial charge < -0.3 is 19.9 Å². The lowest BCUT2D eigenvalue weighted by molar-refractivity contribution is -0.127. The second-order valence-electron chi connectivity index (χ2n) is 7.31. The molecule has 0 aromatic rings. The molecule has 2 N–H and O–H groups in total. The maximum atomic E-state index is 12.5. The van der Waals surface area contributed by atoms with Crippen molar-refractivity contribution in [1.82, 2.24) is 20.4 Å². The zero-order valence-corrected chi connectivity index (χ0v) is 17.0. The van der Waals surface area contributed by atoms with E-state index in [2.05, 4.69) is 22.5 Å². The maximum absolute atomic E-state index is 12.5. The topological polar surface area (TPSA) is 86.3 Å². The van der Waals surface area contributed by atoms with E-state index in [1.54, 1.807) is 19.1 Å². The van der Waals surface area contributed by atoms with Crippen LogP contribution in [-0.2, 0) is 9.53 Å². The van der Waals surface area contributed by atoms with Gasteiger partial charge >= 0.3 is 6.03 Å². The van der Waals surface area contributed by atoms with Crippen molar-refractivity contribution < 1.29 is 14.3 Å². The van der Waals surface area contributed by atoms with Gasteiger partial charge in [0, 0.05) is 33.9 Å². The molecule has 2 aliphatic rings. The number of fused-ring (bicyclic) bond motifs is 1. The Balaban J connectivity index is 1.95. The molecule has 0 saturated carbocycles. The van der Waals surface area contributed by atoms with Gasteiger partial charge in [0.05, 0.1) is 0 Å². The minimum absolute atomic E-state index is 0.249. The fourth-order valence-electron chi connectivity index (χ4n) is 3.60. The van der Waals surface area contributed by atoms with Crippen molar-refractivity contribution in [2.75, 3.05) is 33.9 Å². The van der Waals surface area contributed by atoms with Crippen molar-refractivity contribution in [1.29, 1.82) is 0 Å². The molecule has 2 rings (SSSR count). The summed E-state index contributed by atoms with van der Waals surface area (Å²) < 4.78 is 5.08. The number of likely N-dealkylation sites (N-methyl/N-ethyl adjacent to an activating group) is 1. The van der Waals surface area contributed by atoms with Gasteiger partial charge in [-0.3, -0.25) is 15.1 Å². The zero-order chi connectivity index (χ0) is 19.6. The number of unbranched alkanes of at least 4 members (excludes halogenated alkanes) is 6. The van der Waals surface area contributed by atoms with Crippen LogP contribution >= 0.6 is 0 Å². The monoisotopic (exact) mass is 381 g/mol. The highest BCUT2D eigenvalue weighted by Crippen LogP contribution is 2.21. The Kier molecular flexibility index (Phi) is 8.84. The number of carbonyl (C=O) groups is 2. The Morgan fingerprint density at radius 1 is 1.07 bits per heavy atom. The minimum atomic E-state index is -0.422. The number of nitrogens with zero attached hydrogens (tertiary/aromatic N) is 3. The summed E-state index contributed by atoms with van der Waals surface area (Å²) in [6, 6.07) is -0.792. The lowest BCUT2D eigenvalue weighted by Crippen LogP contribution is -2.64. The SMILES string of the molecule is CCCCCCCCCN1C(=NCCCOC)NC2C1C(=O)NC(=O)N2C. The van der Waals surface area contributed by atoms with E-state index in [9.17, 15) is 9.59 Å². The molecule has 2 atom stereocenters. The summed E-state index contributed by atoms with van der Waals surface area (Å²) in [5, 5.41) is 5.72. The molecule has 0 spiro atoms. The summed E-state index contributed by atoms with van der Waals surface area (Å²) in [4.78, 5) is 32.6. The highest BCUT2D eigenvalue weighted by atomic mass is 16.5. The number of urea groups is 1. The molecule has 2 heterocycles. The summed E-state index contributed by atoms with van der Waals surface area (Å²) in [5.41, 5.74) is 0. The first-order valence-electron chi connectivity index (χ1n) is 10.2. The first-order valence-corrected chi connectivity index (χ1v) is 10.2. The summed E-state index contributed by atoms with van der Waals surface area (Å²) in [6.45, 7) is 4.27. The van der Waals surface area contributed by atoms with E-state index in [-0.39, 0.29) is 18.1 Å². The molecular weight excluding hydrogens is 346 g/mol. The van der Waals surface area contributed by atoms with Gasteiger partial charge in [0.2, 0.25) is 0 Å². The quantitative estimate of drug-likeness (QED) is 0.504. The van der Waals surface area contributed by atoms with Crippen LogP contribution in [0.3, 0.4) is 0 Å². The van der Waals surface area contributed by atoms with Gasteiger partial charge in [0.15, 0.2) is 12.0 Å². The van der Waals surface area contributed by atoms with E-state index in [1.165, 1.54) is 32.1 Å². The largest absolute Gasteiger partial charge is 0.385 e. The molecule has 8 nitrogen and oxygen atoms in total. The Morgan fingerprint density at radius 3 is 2.48 bits per heavy atom. The lowest BCUT2D eigenvalue weighted by Gasteiger charge is -2.35. The molecule has 154 valence electrons. The minimum Gasteiger partial charge on any atom is -0.385 e. The van der Waals surface area contributed by atoms with Crippen LogP contribution in [0.25, 0.3) is 0 Å². The predicted octanol–water partition coefficient (Wildman–Crippen LogP) is 1.91. The molecule has 2 fully saturated rings. The fourth-order valence-corrected chi connectivity index (χ4v) is 3.60. The number of imide groups is 1. The third kappa shape index (κ3) is 5.82.